The van der Waals surface area contributed by atoms with Crippen LogP contribution in [0.3, 0.4) is 0 Å². The Balaban J connectivity index is 4.05. The van der Waals surface area contributed by atoms with E-state index in [4.69, 9.17) is 10.6 Å². The summed E-state index contributed by atoms with van der Waals surface area (Å²) in [6.07, 6.45) is 2.01. The van der Waals surface area contributed by atoms with Crippen molar-refractivity contribution in [1.82, 2.24) is 10.3 Å². The third-order valence-corrected chi connectivity index (χ3v) is 2.07. The molecule has 5 heteroatoms. The molecule has 0 aliphatic carbocycles. The topological polar surface area (TPSA) is 62.9 Å². The van der Waals surface area contributed by atoms with Crippen molar-refractivity contribution in [3.63, 3.8) is 0 Å². The van der Waals surface area contributed by atoms with Crippen LogP contribution in [0.2, 0.25) is 0 Å². The van der Waals surface area contributed by atoms with Crippen molar-refractivity contribution >= 4 is 5.96 Å². The van der Waals surface area contributed by atoms with Crippen LogP contribution < -0.4 is 11.3 Å². The van der Waals surface area contributed by atoms with Gasteiger partial charge in [-0.1, -0.05) is 6.92 Å². The smallest absolute Gasteiger partial charge is 0.208 e. The highest BCUT2D eigenvalue weighted by Gasteiger charge is 2.05. The van der Waals surface area contributed by atoms with Crippen LogP contribution in [0, 0.1) is 0 Å². The lowest BCUT2D eigenvalue weighted by Crippen LogP contribution is -2.45. The average Bonchev–Trinajstić information content (AvgIpc) is 2.27. The summed E-state index contributed by atoms with van der Waals surface area (Å²) in [5.41, 5.74) is 2.65. The molecule has 0 amide bonds. The van der Waals surface area contributed by atoms with Gasteiger partial charge >= 0.3 is 0 Å². The van der Waals surface area contributed by atoms with Crippen LogP contribution in [0.5, 0.6) is 0 Å². The summed E-state index contributed by atoms with van der Waals surface area (Å²) in [5, 5.41) is 0. The first kappa shape index (κ1) is 14.2. The maximum Gasteiger partial charge on any atom is 0.208 e. The first-order chi connectivity index (χ1) is 7.29. The molecule has 0 aromatic carbocycles. The summed E-state index contributed by atoms with van der Waals surface area (Å²) in [5.74, 6) is 6.21. The zero-order valence-corrected chi connectivity index (χ0v) is 10.1. The standard InChI is InChI=1S/C10H24N4O/c1-4-8-14(5-2)10(13-11)12-7-6-9-15-3/h4-9,11H2,1-3H3,(H,12,13). The van der Waals surface area contributed by atoms with Crippen molar-refractivity contribution < 1.29 is 4.74 Å². The minimum atomic E-state index is 0.737. The zero-order valence-electron chi connectivity index (χ0n) is 10.1. The predicted molar refractivity (Wildman–Crippen MR) is 63.7 cm³/mol. The third-order valence-electron chi connectivity index (χ3n) is 2.07. The summed E-state index contributed by atoms with van der Waals surface area (Å²) in [4.78, 5) is 6.53. The Morgan fingerprint density at radius 2 is 2.20 bits per heavy atom. The minimum absolute atomic E-state index is 0.737. The Morgan fingerprint density at radius 3 is 2.67 bits per heavy atom. The lowest BCUT2D eigenvalue weighted by molar-refractivity contribution is 0.197. The maximum atomic E-state index is 5.44. The van der Waals surface area contributed by atoms with Crippen molar-refractivity contribution in [3.8, 4) is 0 Å². The van der Waals surface area contributed by atoms with Gasteiger partial charge in [0.15, 0.2) is 0 Å². The Labute approximate surface area is 92.7 Å². The summed E-state index contributed by atoms with van der Waals surface area (Å²) in [6.45, 7) is 7.61. The van der Waals surface area contributed by atoms with E-state index in [2.05, 4.69) is 29.2 Å². The molecule has 3 N–H and O–H groups in total. The summed E-state index contributed by atoms with van der Waals surface area (Å²) in [6, 6.07) is 0. The van der Waals surface area contributed by atoms with Gasteiger partial charge in [-0.05, 0) is 19.8 Å². The molecule has 0 saturated heterocycles. The van der Waals surface area contributed by atoms with Crippen LogP contribution in [0.4, 0.5) is 0 Å². The lowest BCUT2D eigenvalue weighted by atomic mass is 10.4. The van der Waals surface area contributed by atoms with E-state index in [1.807, 2.05) is 0 Å². The van der Waals surface area contributed by atoms with Gasteiger partial charge in [0.25, 0.3) is 0 Å². The quantitative estimate of drug-likeness (QED) is 0.215. The molecule has 0 aliphatic rings. The Bertz CT molecular complexity index is 173. The fourth-order valence-electron chi connectivity index (χ4n) is 1.31. The number of methoxy groups -OCH3 is 1. The average molecular weight is 216 g/mol. The van der Waals surface area contributed by atoms with Crippen LogP contribution >= 0.6 is 0 Å². The highest BCUT2D eigenvalue weighted by molar-refractivity contribution is 5.79. The Hall–Kier alpha value is -0.810. The molecule has 0 aromatic rings. The summed E-state index contributed by atoms with van der Waals surface area (Å²) in [7, 11) is 1.70. The van der Waals surface area contributed by atoms with Gasteiger partial charge < -0.3 is 9.64 Å². The highest BCUT2D eigenvalue weighted by atomic mass is 16.5. The molecule has 0 saturated carbocycles. The van der Waals surface area contributed by atoms with E-state index in [0.717, 1.165) is 45.0 Å². The number of rotatable bonds is 7. The number of guanidine groups is 1. The second-order valence-corrected chi connectivity index (χ2v) is 3.28. The molecule has 5 nitrogen and oxygen atoms in total. The number of hydrogen-bond acceptors (Lipinski definition) is 3. The molecule has 0 radical (unpaired) electrons. The molecule has 0 aromatic heterocycles. The van der Waals surface area contributed by atoms with Crippen LogP contribution in [0.25, 0.3) is 0 Å². The molecule has 0 spiro atoms. The molecule has 0 atom stereocenters. The van der Waals surface area contributed by atoms with Crippen molar-refractivity contribution in [3.05, 3.63) is 0 Å². The van der Waals surface area contributed by atoms with Crippen LogP contribution in [-0.2, 0) is 4.74 Å². The Kier molecular flexibility index (Phi) is 9.21. The van der Waals surface area contributed by atoms with Crippen molar-refractivity contribution in [2.45, 2.75) is 26.7 Å². The second kappa shape index (κ2) is 9.73. The van der Waals surface area contributed by atoms with Crippen LogP contribution in [0.15, 0.2) is 4.99 Å². The number of ether oxygens (including phenoxy) is 1. The van der Waals surface area contributed by atoms with Crippen molar-refractivity contribution in [2.24, 2.45) is 10.8 Å². The fourth-order valence-corrected chi connectivity index (χ4v) is 1.31. The summed E-state index contributed by atoms with van der Waals surface area (Å²) >= 11 is 0. The number of aliphatic imine (C=N–C) groups is 1. The van der Waals surface area contributed by atoms with Gasteiger partial charge in [-0.15, -0.1) is 0 Å². The van der Waals surface area contributed by atoms with E-state index in [1.165, 1.54) is 0 Å². The third kappa shape index (κ3) is 6.30. The zero-order chi connectivity index (χ0) is 11.5. The van der Waals surface area contributed by atoms with E-state index in [9.17, 15) is 0 Å². The molecule has 0 heterocycles. The molecule has 90 valence electrons. The van der Waals surface area contributed by atoms with Gasteiger partial charge in [0.2, 0.25) is 5.96 Å². The summed E-state index contributed by atoms with van der Waals surface area (Å²) < 4.78 is 4.96. The molecule has 0 rings (SSSR count). The maximum absolute atomic E-state index is 5.44. The molecular weight excluding hydrogens is 192 g/mol. The SMILES string of the molecule is CCCN(CC)C(=NCCCOC)NN. The van der Waals surface area contributed by atoms with E-state index in [0.29, 0.717) is 0 Å². The van der Waals surface area contributed by atoms with Crippen LogP contribution in [0.1, 0.15) is 26.7 Å². The number of nitrogens with two attached hydrogens (primary N) is 1. The number of nitrogens with zero attached hydrogens (tertiary/aromatic N) is 2. The van der Waals surface area contributed by atoms with Crippen LogP contribution in [-0.4, -0.2) is 44.2 Å². The van der Waals surface area contributed by atoms with E-state index < -0.39 is 0 Å². The number of hydrogen-bond donors (Lipinski definition) is 2. The molecule has 0 fully saturated rings. The molecule has 0 unspecified atom stereocenters. The number of hydrazine groups is 1. The van der Waals surface area contributed by atoms with Crippen molar-refractivity contribution in [2.75, 3.05) is 33.4 Å². The Morgan fingerprint density at radius 1 is 1.47 bits per heavy atom. The van der Waals surface area contributed by atoms with Gasteiger partial charge in [0.1, 0.15) is 0 Å². The van der Waals surface area contributed by atoms with E-state index >= 15 is 0 Å². The van der Waals surface area contributed by atoms with Gasteiger partial charge in [-0.2, -0.15) is 0 Å². The fraction of sp³-hybridized carbons (Fsp3) is 0.900. The first-order valence-corrected chi connectivity index (χ1v) is 5.55. The van der Waals surface area contributed by atoms with E-state index in [1.54, 1.807) is 7.11 Å². The second-order valence-electron chi connectivity index (χ2n) is 3.28. The largest absolute Gasteiger partial charge is 0.385 e. The van der Waals surface area contributed by atoms with Gasteiger partial charge in [0.05, 0.1) is 0 Å². The van der Waals surface area contributed by atoms with Gasteiger partial charge in [-0.3, -0.25) is 10.4 Å². The normalized spacial score (nSPS) is 11.6. The molecule has 0 bridgehead atoms. The van der Waals surface area contributed by atoms with Crippen molar-refractivity contribution in [1.29, 1.82) is 0 Å². The van der Waals surface area contributed by atoms with E-state index in [-0.39, 0.29) is 0 Å². The monoisotopic (exact) mass is 216 g/mol. The molecule has 0 aliphatic heterocycles. The molecular formula is C10H24N4O. The number of nitrogens with one attached hydrogen (secondary N) is 1. The highest BCUT2D eigenvalue weighted by Crippen LogP contribution is 1.93. The first-order valence-electron chi connectivity index (χ1n) is 5.55. The van der Waals surface area contributed by atoms with Gasteiger partial charge in [-0.25, -0.2) is 5.84 Å². The van der Waals surface area contributed by atoms with Gasteiger partial charge in [0, 0.05) is 33.4 Å². The predicted octanol–water partition coefficient (Wildman–Crippen LogP) is 0.574. The lowest BCUT2D eigenvalue weighted by Gasteiger charge is -2.23. The minimum Gasteiger partial charge on any atom is -0.385 e. The molecule has 15 heavy (non-hydrogen) atoms.